The zero-order valence-electron chi connectivity index (χ0n) is 18.8. The number of benzene rings is 3. The number of hydrogen-bond acceptors (Lipinski definition) is 5. The van der Waals surface area contributed by atoms with E-state index < -0.39 is 36.3 Å². The molecule has 0 unspecified atom stereocenters. The summed E-state index contributed by atoms with van der Waals surface area (Å²) in [5.74, 6) is 0. The third-order valence-electron chi connectivity index (χ3n) is 6.28. The molecule has 1 aliphatic rings. The van der Waals surface area contributed by atoms with Crippen molar-refractivity contribution >= 4 is 0 Å². The summed E-state index contributed by atoms with van der Waals surface area (Å²) in [5, 5.41) is 31.3. The molecule has 3 aromatic carbocycles. The Kier molecular flexibility index (Phi) is 7.58. The van der Waals surface area contributed by atoms with Gasteiger partial charge in [-0.05, 0) is 23.6 Å². The molecule has 0 saturated carbocycles. The van der Waals surface area contributed by atoms with Gasteiger partial charge >= 0.3 is 0 Å². The van der Waals surface area contributed by atoms with Gasteiger partial charge in [0.15, 0.2) is 6.29 Å². The zero-order valence-corrected chi connectivity index (χ0v) is 18.8. The van der Waals surface area contributed by atoms with Crippen molar-refractivity contribution in [2.45, 2.75) is 62.5 Å². The number of aliphatic hydroxyl groups excluding tert-OH is 3. The van der Waals surface area contributed by atoms with E-state index in [1.54, 1.807) is 6.92 Å². The van der Waals surface area contributed by atoms with Crippen LogP contribution in [0, 0.1) is 0 Å². The molecule has 0 amide bonds. The van der Waals surface area contributed by atoms with Crippen molar-refractivity contribution < 1.29 is 24.8 Å². The predicted molar refractivity (Wildman–Crippen MR) is 127 cm³/mol. The van der Waals surface area contributed by atoms with Crippen LogP contribution < -0.4 is 0 Å². The highest BCUT2D eigenvalue weighted by Crippen LogP contribution is 2.33. The van der Waals surface area contributed by atoms with Crippen LogP contribution in [0.4, 0.5) is 0 Å². The summed E-state index contributed by atoms with van der Waals surface area (Å²) in [4.78, 5) is 0. The Labute approximate surface area is 195 Å². The van der Waals surface area contributed by atoms with E-state index >= 15 is 0 Å². The third-order valence-corrected chi connectivity index (χ3v) is 6.28. The van der Waals surface area contributed by atoms with Gasteiger partial charge in [0.05, 0.1) is 11.7 Å². The minimum absolute atomic E-state index is 0.581. The van der Waals surface area contributed by atoms with Gasteiger partial charge in [0, 0.05) is 19.3 Å². The molecule has 5 nitrogen and oxygen atoms in total. The van der Waals surface area contributed by atoms with Gasteiger partial charge in [-0.3, -0.25) is 0 Å². The van der Waals surface area contributed by atoms with E-state index in [9.17, 15) is 15.3 Å². The van der Waals surface area contributed by atoms with Crippen LogP contribution in [-0.2, 0) is 28.7 Å². The van der Waals surface area contributed by atoms with Gasteiger partial charge in [0.25, 0.3) is 0 Å². The Bertz CT molecular complexity index is 878. The number of ether oxygens (including phenoxy) is 2. The van der Waals surface area contributed by atoms with E-state index in [-0.39, 0.29) is 0 Å². The second-order valence-electron chi connectivity index (χ2n) is 8.97. The molecule has 3 aromatic rings. The highest BCUT2D eigenvalue weighted by Gasteiger charge is 2.46. The van der Waals surface area contributed by atoms with E-state index in [1.165, 1.54) is 0 Å². The number of hydrogen-bond donors (Lipinski definition) is 3. The minimum atomic E-state index is -1.36. The van der Waals surface area contributed by atoms with Crippen molar-refractivity contribution in [2.24, 2.45) is 0 Å². The van der Waals surface area contributed by atoms with Crippen molar-refractivity contribution in [1.29, 1.82) is 0 Å². The molecule has 5 atom stereocenters. The fourth-order valence-electron chi connectivity index (χ4n) is 4.57. The van der Waals surface area contributed by atoms with Crippen molar-refractivity contribution in [3.05, 3.63) is 108 Å². The number of aliphatic hydroxyl groups is 3. The largest absolute Gasteiger partial charge is 0.388 e. The van der Waals surface area contributed by atoms with Crippen LogP contribution in [-0.4, -0.2) is 51.6 Å². The average Bonchev–Trinajstić information content (AvgIpc) is 2.83. The minimum Gasteiger partial charge on any atom is -0.388 e. The highest BCUT2D eigenvalue weighted by molar-refractivity contribution is 5.25. The molecule has 1 saturated heterocycles. The first-order valence-corrected chi connectivity index (χ1v) is 11.4. The molecule has 0 spiro atoms. The normalized spacial score (nSPS) is 25.6. The van der Waals surface area contributed by atoms with Crippen molar-refractivity contribution in [3.8, 4) is 0 Å². The first-order chi connectivity index (χ1) is 16.0. The highest BCUT2D eigenvalue weighted by atomic mass is 16.7. The van der Waals surface area contributed by atoms with E-state index in [4.69, 9.17) is 9.47 Å². The SMILES string of the molecule is C[C@@H]1O[C@@H](OC(Cc2ccccc2)(Cc2ccccc2)Cc2ccccc2)[C@@H](O)[C@H](O)[C@@H]1O. The van der Waals surface area contributed by atoms with Crippen molar-refractivity contribution in [2.75, 3.05) is 0 Å². The summed E-state index contributed by atoms with van der Waals surface area (Å²) in [7, 11) is 0. The summed E-state index contributed by atoms with van der Waals surface area (Å²) in [6, 6.07) is 30.3. The smallest absolute Gasteiger partial charge is 0.187 e. The second kappa shape index (κ2) is 10.6. The van der Waals surface area contributed by atoms with Crippen LogP contribution in [0.3, 0.4) is 0 Å². The molecule has 33 heavy (non-hydrogen) atoms. The molecule has 0 aliphatic carbocycles. The molecule has 0 bridgehead atoms. The topological polar surface area (TPSA) is 79.2 Å². The van der Waals surface area contributed by atoms with E-state index in [0.717, 1.165) is 16.7 Å². The maximum absolute atomic E-state index is 10.7. The standard InChI is InChI=1S/C28H32O5/c1-20-24(29)25(30)26(31)27(32-20)33-28(17-21-11-5-2-6-12-21,18-22-13-7-3-8-14-22)19-23-15-9-4-10-16-23/h2-16,20,24-27,29-31H,17-19H2,1H3/t20-,24+,25+,26-,27-/m0/s1. The second-order valence-corrected chi connectivity index (χ2v) is 8.97. The van der Waals surface area contributed by atoms with Crippen LogP contribution in [0.5, 0.6) is 0 Å². The average molecular weight is 449 g/mol. The third kappa shape index (κ3) is 5.88. The van der Waals surface area contributed by atoms with Crippen LogP contribution in [0.15, 0.2) is 91.0 Å². The van der Waals surface area contributed by atoms with Gasteiger partial charge in [0.1, 0.15) is 18.3 Å². The first-order valence-electron chi connectivity index (χ1n) is 11.4. The molecule has 1 heterocycles. The van der Waals surface area contributed by atoms with Gasteiger partial charge in [-0.25, -0.2) is 0 Å². The molecule has 4 rings (SSSR count). The van der Waals surface area contributed by atoms with Gasteiger partial charge in [-0.15, -0.1) is 0 Å². The van der Waals surface area contributed by atoms with Gasteiger partial charge in [-0.2, -0.15) is 0 Å². The molecular formula is C28H32O5. The molecule has 3 N–H and O–H groups in total. The van der Waals surface area contributed by atoms with Crippen LogP contribution >= 0.6 is 0 Å². The molecule has 174 valence electrons. The molecule has 0 aromatic heterocycles. The fourth-order valence-corrected chi connectivity index (χ4v) is 4.57. The lowest BCUT2D eigenvalue weighted by molar-refractivity contribution is -0.320. The van der Waals surface area contributed by atoms with Crippen LogP contribution in [0.1, 0.15) is 23.6 Å². The van der Waals surface area contributed by atoms with Gasteiger partial charge in [-0.1, -0.05) is 91.0 Å². The van der Waals surface area contributed by atoms with E-state index in [2.05, 4.69) is 36.4 Å². The molecular weight excluding hydrogens is 416 g/mol. The van der Waals surface area contributed by atoms with E-state index in [1.807, 2.05) is 54.6 Å². The van der Waals surface area contributed by atoms with Crippen molar-refractivity contribution in [3.63, 3.8) is 0 Å². The van der Waals surface area contributed by atoms with Crippen LogP contribution in [0.25, 0.3) is 0 Å². The lowest BCUT2D eigenvalue weighted by atomic mass is 9.82. The van der Waals surface area contributed by atoms with Crippen LogP contribution in [0.2, 0.25) is 0 Å². The van der Waals surface area contributed by atoms with E-state index in [0.29, 0.717) is 19.3 Å². The first kappa shape index (κ1) is 23.6. The van der Waals surface area contributed by atoms with Gasteiger partial charge < -0.3 is 24.8 Å². The summed E-state index contributed by atoms with van der Waals surface area (Å²) in [6.07, 6.45) is -3.89. The quantitative estimate of drug-likeness (QED) is 0.493. The molecule has 0 radical (unpaired) electrons. The molecule has 1 aliphatic heterocycles. The number of rotatable bonds is 8. The Hall–Kier alpha value is -2.54. The lowest BCUT2D eigenvalue weighted by Crippen LogP contribution is -2.60. The molecule has 1 fully saturated rings. The fraction of sp³-hybridized carbons (Fsp3) is 0.357. The Balaban J connectivity index is 1.73. The molecule has 5 heteroatoms. The summed E-state index contributed by atoms with van der Waals surface area (Å²) >= 11 is 0. The summed E-state index contributed by atoms with van der Waals surface area (Å²) in [5.41, 5.74) is 2.53. The predicted octanol–water partition coefficient (Wildman–Crippen LogP) is 3.30. The maximum Gasteiger partial charge on any atom is 0.187 e. The monoisotopic (exact) mass is 448 g/mol. The summed E-state index contributed by atoms with van der Waals surface area (Å²) < 4.78 is 12.5. The Morgan fingerprint density at radius 1 is 0.636 bits per heavy atom. The Morgan fingerprint density at radius 3 is 1.42 bits per heavy atom. The Morgan fingerprint density at radius 2 is 1.03 bits per heavy atom. The lowest BCUT2D eigenvalue weighted by Gasteiger charge is -2.44. The van der Waals surface area contributed by atoms with Crippen molar-refractivity contribution in [1.82, 2.24) is 0 Å². The summed E-state index contributed by atoms with van der Waals surface area (Å²) in [6.45, 7) is 1.67. The van der Waals surface area contributed by atoms with Gasteiger partial charge in [0.2, 0.25) is 0 Å². The zero-order chi connectivity index (χ0) is 23.3. The maximum atomic E-state index is 10.7.